The first kappa shape index (κ1) is 51.4. The molecule has 53 heavy (non-hydrogen) atoms. The first-order valence-electron chi connectivity index (χ1n) is 23.4. The van der Waals surface area contributed by atoms with Crippen molar-refractivity contribution < 1.29 is 28.6 Å². The predicted octanol–water partition coefficient (Wildman–Crippen LogP) is 14.7. The van der Waals surface area contributed by atoms with Gasteiger partial charge in [0.1, 0.15) is 13.2 Å². The fourth-order valence-corrected chi connectivity index (χ4v) is 6.98. The second kappa shape index (κ2) is 41.6. The molecular weight excluding hydrogens is 661 g/mol. The summed E-state index contributed by atoms with van der Waals surface area (Å²) in [6, 6.07) is 0. The van der Waals surface area contributed by atoms with Gasteiger partial charge in [-0.1, -0.05) is 220 Å². The molecule has 0 bridgehead atoms. The van der Waals surface area contributed by atoms with E-state index in [1.54, 1.807) is 0 Å². The van der Waals surface area contributed by atoms with Gasteiger partial charge in [0.25, 0.3) is 0 Å². The second-order valence-electron chi connectivity index (χ2n) is 16.5. The predicted molar refractivity (Wildman–Crippen MR) is 224 cm³/mol. The molecular formula is C47H90O6. The number of carbonyl (C=O) groups is 3. The van der Waals surface area contributed by atoms with Gasteiger partial charge in [-0.25, -0.2) is 0 Å². The molecule has 6 nitrogen and oxygen atoms in total. The highest BCUT2D eigenvalue weighted by Gasteiger charge is 2.19. The molecule has 0 fully saturated rings. The third kappa shape index (κ3) is 41.4. The van der Waals surface area contributed by atoms with Crippen LogP contribution in [-0.2, 0) is 28.6 Å². The van der Waals surface area contributed by atoms with Gasteiger partial charge in [0, 0.05) is 19.3 Å². The van der Waals surface area contributed by atoms with Crippen molar-refractivity contribution in [2.45, 2.75) is 265 Å². The van der Waals surface area contributed by atoms with Gasteiger partial charge in [0.2, 0.25) is 0 Å². The average molecular weight is 751 g/mol. The quantitative estimate of drug-likeness (QED) is 0.0351. The summed E-state index contributed by atoms with van der Waals surface area (Å²) in [7, 11) is 0. The number of hydrogen-bond donors (Lipinski definition) is 0. The number of ether oxygens (including phenoxy) is 3. The van der Waals surface area contributed by atoms with Crippen molar-refractivity contribution in [1.29, 1.82) is 0 Å². The normalized spacial score (nSPS) is 11.9. The standard InChI is InChI=1S/C47H90O6/c1-5-7-9-11-13-15-17-18-19-20-21-22-24-25-30-34-38-45(48)51-41-44(42-52-46(49)39-35-31-28-27-29-33-37-43(3)4)53-47(50)40-36-32-26-23-16-14-12-10-8-6-2/h43-44H,5-42H2,1-4H3/t44-/m1/s1. The summed E-state index contributed by atoms with van der Waals surface area (Å²) in [5.74, 6) is -0.0948. The Morgan fingerprint density at radius 1 is 0.358 bits per heavy atom. The lowest BCUT2D eigenvalue weighted by Crippen LogP contribution is -2.30. The van der Waals surface area contributed by atoms with Crippen molar-refractivity contribution in [3.05, 3.63) is 0 Å². The van der Waals surface area contributed by atoms with Crippen LogP contribution >= 0.6 is 0 Å². The lowest BCUT2D eigenvalue weighted by Gasteiger charge is -2.18. The Kier molecular flexibility index (Phi) is 40.3. The highest BCUT2D eigenvalue weighted by atomic mass is 16.6. The molecule has 0 aliphatic carbocycles. The Hall–Kier alpha value is -1.59. The molecule has 6 heteroatoms. The molecule has 1 atom stereocenters. The molecule has 0 saturated carbocycles. The van der Waals surface area contributed by atoms with Gasteiger partial charge in [-0.05, 0) is 25.2 Å². The molecule has 0 aromatic carbocycles. The van der Waals surface area contributed by atoms with Crippen LogP contribution in [0.4, 0.5) is 0 Å². The third-order valence-electron chi connectivity index (χ3n) is 10.5. The fourth-order valence-electron chi connectivity index (χ4n) is 6.98. The fraction of sp³-hybridized carbons (Fsp3) is 0.936. The lowest BCUT2D eigenvalue weighted by atomic mass is 10.0. The maximum atomic E-state index is 12.7. The van der Waals surface area contributed by atoms with Crippen LogP contribution in [0.15, 0.2) is 0 Å². The number of carbonyl (C=O) groups excluding carboxylic acids is 3. The molecule has 0 aliphatic rings. The van der Waals surface area contributed by atoms with Crippen LogP contribution in [0.1, 0.15) is 259 Å². The molecule has 0 saturated heterocycles. The topological polar surface area (TPSA) is 78.9 Å². The average Bonchev–Trinajstić information content (AvgIpc) is 3.14. The van der Waals surface area contributed by atoms with E-state index in [2.05, 4.69) is 27.7 Å². The van der Waals surface area contributed by atoms with Crippen molar-refractivity contribution >= 4 is 17.9 Å². The molecule has 0 aromatic heterocycles. The molecule has 0 aromatic rings. The van der Waals surface area contributed by atoms with Crippen LogP contribution in [0.25, 0.3) is 0 Å². The van der Waals surface area contributed by atoms with Gasteiger partial charge in [-0.15, -0.1) is 0 Å². The zero-order valence-corrected chi connectivity index (χ0v) is 36.0. The molecule has 0 unspecified atom stereocenters. The summed E-state index contributed by atoms with van der Waals surface area (Å²) in [5, 5.41) is 0. The van der Waals surface area contributed by atoms with Crippen LogP contribution in [0.5, 0.6) is 0 Å². The highest BCUT2D eigenvalue weighted by molar-refractivity contribution is 5.71. The van der Waals surface area contributed by atoms with Gasteiger partial charge in [0.05, 0.1) is 0 Å². The van der Waals surface area contributed by atoms with Crippen LogP contribution in [-0.4, -0.2) is 37.2 Å². The smallest absolute Gasteiger partial charge is 0.306 e. The van der Waals surface area contributed by atoms with Gasteiger partial charge >= 0.3 is 17.9 Å². The molecule has 0 spiro atoms. The maximum absolute atomic E-state index is 12.7. The molecule has 0 radical (unpaired) electrons. The van der Waals surface area contributed by atoms with Crippen LogP contribution in [0.3, 0.4) is 0 Å². The van der Waals surface area contributed by atoms with E-state index < -0.39 is 6.10 Å². The Morgan fingerprint density at radius 2 is 0.623 bits per heavy atom. The van der Waals surface area contributed by atoms with Crippen molar-refractivity contribution in [2.75, 3.05) is 13.2 Å². The zero-order valence-electron chi connectivity index (χ0n) is 36.0. The van der Waals surface area contributed by atoms with Gasteiger partial charge in [-0.3, -0.25) is 14.4 Å². The van der Waals surface area contributed by atoms with Gasteiger partial charge in [-0.2, -0.15) is 0 Å². The molecule has 0 aliphatic heterocycles. The van der Waals surface area contributed by atoms with E-state index in [9.17, 15) is 14.4 Å². The summed E-state index contributed by atoms with van der Waals surface area (Å²) in [6.07, 6.45) is 41.0. The second-order valence-corrected chi connectivity index (χ2v) is 16.5. The Bertz CT molecular complexity index is 796. The lowest BCUT2D eigenvalue weighted by molar-refractivity contribution is -0.167. The van der Waals surface area contributed by atoms with Gasteiger partial charge < -0.3 is 14.2 Å². The monoisotopic (exact) mass is 751 g/mol. The molecule has 0 amide bonds. The van der Waals surface area contributed by atoms with E-state index in [4.69, 9.17) is 14.2 Å². The van der Waals surface area contributed by atoms with Crippen LogP contribution in [0.2, 0.25) is 0 Å². The SMILES string of the molecule is CCCCCCCCCCCCCCCCCCC(=O)OC[C@H](COC(=O)CCCCCCCCC(C)C)OC(=O)CCCCCCCCCCCC. The highest BCUT2D eigenvalue weighted by Crippen LogP contribution is 2.16. The number of esters is 3. The number of hydrogen-bond acceptors (Lipinski definition) is 6. The maximum Gasteiger partial charge on any atom is 0.306 e. The Morgan fingerprint density at radius 3 is 0.925 bits per heavy atom. The van der Waals surface area contributed by atoms with Crippen molar-refractivity contribution in [3.63, 3.8) is 0 Å². The number of rotatable bonds is 42. The van der Waals surface area contributed by atoms with Crippen molar-refractivity contribution in [3.8, 4) is 0 Å². The summed E-state index contributed by atoms with van der Waals surface area (Å²) in [6.45, 7) is 8.92. The van der Waals surface area contributed by atoms with E-state index in [1.165, 1.54) is 154 Å². The van der Waals surface area contributed by atoms with E-state index in [-0.39, 0.29) is 31.1 Å². The number of unbranched alkanes of at least 4 members (excludes halogenated alkanes) is 29. The molecule has 0 rings (SSSR count). The Balaban J connectivity index is 4.25. The zero-order chi connectivity index (χ0) is 38.9. The van der Waals surface area contributed by atoms with Crippen molar-refractivity contribution in [1.82, 2.24) is 0 Å². The van der Waals surface area contributed by atoms with Crippen LogP contribution in [0, 0.1) is 5.92 Å². The summed E-state index contributed by atoms with van der Waals surface area (Å²) in [5.41, 5.74) is 0. The third-order valence-corrected chi connectivity index (χ3v) is 10.5. The summed E-state index contributed by atoms with van der Waals surface area (Å²) < 4.78 is 16.7. The summed E-state index contributed by atoms with van der Waals surface area (Å²) in [4.78, 5) is 37.6. The minimum atomic E-state index is -0.759. The van der Waals surface area contributed by atoms with Crippen molar-refractivity contribution in [2.24, 2.45) is 5.92 Å². The summed E-state index contributed by atoms with van der Waals surface area (Å²) >= 11 is 0. The van der Waals surface area contributed by atoms with E-state index in [0.717, 1.165) is 63.7 Å². The van der Waals surface area contributed by atoms with E-state index >= 15 is 0 Å². The molecule has 0 N–H and O–H groups in total. The molecule has 0 heterocycles. The Labute approximate surface area is 329 Å². The van der Waals surface area contributed by atoms with E-state index in [0.29, 0.717) is 19.3 Å². The molecule has 314 valence electrons. The van der Waals surface area contributed by atoms with E-state index in [1.807, 2.05) is 0 Å². The minimum Gasteiger partial charge on any atom is -0.462 e. The largest absolute Gasteiger partial charge is 0.462 e. The van der Waals surface area contributed by atoms with Crippen LogP contribution < -0.4 is 0 Å². The first-order valence-corrected chi connectivity index (χ1v) is 23.4. The van der Waals surface area contributed by atoms with Gasteiger partial charge in [0.15, 0.2) is 6.10 Å². The minimum absolute atomic E-state index is 0.0644. The first-order chi connectivity index (χ1) is 25.9.